The van der Waals surface area contributed by atoms with Gasteiger partial charge in [0.2, 0.25) is 0 Å². The van der Waals surface area contributed by atoms with Gasteiger partial charge in [-0.15, -0.1) is 5.10 Å². The van der Waals surface area contributed by atoms with Gasteiger partial charge in [-0.3, -0.25) is 0 Å². The number of aryl methyl sites for hydroxylation is 1. The summed E-state index contributed by atoms with van der Waals surface area (Å²) in [6.07, 6.45) is 0. The van der Waals surface area contributed by atoms with Crippen LogP contribution >= 0.6 is 11.8 Å². The SMILES string of the molecule is Cc1ccc(SCc2ccccc2)nn1. The first-order valence-electron chi connectivity index (χ1n) is 4.81. The van der Waals surface area contributed by atoms with Crippen molar-refractivity contribution < 1.29 is 0 Å². The minimum Gasteiger partial charge on any atom is -0.155 e. The topological polar surface area (TPSA) is 25.8 Å². The van der Waals surface area contributed by atoms with Crippen molar-refractivity contribution in [3.63, 3.8) is 0 Å². The van der Waals surface area contributed by atoms with Gasteiger partial charge < -0.3 is 0 Å². The molecule has 0 bridgehead atoms. The van der Waals surface area contributed by atoms with Crippen LogP contribution in [0.3, 0.4) is 0 Å². The Kier molecular flexibility index (Phi) is 3.35. The second kappa shape index (κ2) is 4.94. The van der Waals surface area contributed by atoms with Crippen molar-refractivity contribution in [1.29, 1.82) is 0 Å². The lowest BCUT2D eigenvalue weighted by Crippen LogP contribution is -1.88. The van der Waals surface area contributed by atoms with Gasteiger partial charge in [0.15, 0.2) is 0 Å². The van der Waals surface area contributed by atoms with E-state index in [1.807, 2.05) is 25.1 Å². The Morgan fingerprint density at radius 1 is 1.00 bits per heavy atom. The molecule has 0 radical (unpaired) electrons. The number of benzene rings is 1. The molecule has 2 nitrogen and oxygen atoms in total. The number of aromatic nitrogens is 2. The Hall–Kier alpha value is -1.35. The van der Waals surface area contributed by atoms with Crippen LogP contribution in [-0.4, -0.2) is 10.2 Å². The van der Waals surface area contributed by atoms with Gasteiger partial charge in [-0.1, -0.05) is 42.1 Å². The minimum absolute atomic E-state index is 0.943. The van der Waals surface area contributed by atoms with E-state index in [1.165, 1.54) is 5.56 Å². The summed E-state index contributed by atoms with van der Waals surface area (Å²) in [5.74, 6) is 0.943. The van der Waals surface area contributed by atoms with Gasteiger partial charge in [0.25, 0.3) is 0 Å². The average Bonchev–Trinajstić information content (AvgIpc) is 2.30. The smallest absolute Gasteiger partial charge is 0.119 e. The Bertz CT molecular complexity index is 411. The minimum atomic E-state index is 0.943. The second-order valence-electron chi connectivity index (χ2n) is 3.29. The fourth-order valence-corrected chi connectivity index (χ4v) is 1.97. The van der Waals surface area contributed by atoms with E-state index in [2.05, 4.69) is 34.5 Å². The molecule has 0 fully saturated rings. The molecule has 0 aliphatic rings. The zero-order valence-corrected chi connectivity index (χ0v) is 9.37. The van der Waals surface area contributed by atoms with Crippen molar-refractivity contribution in [2.24, 2.45) is 0 Å². The third kappa shape index (κ3) is 3.06. The lowest BCUT2D eigenvalue weighted by molar-refractivity contribution is 0.895. The summed E-state index contributed by atoms with van der Waals surface area (Å²) in [6, 6.07) is 14.4. The number of rotatable bonds is 3. The molecular formula is C12H12N2S. The van der Waals surface area contributed by atoms with Crippen LogP contribution in [0.15, 0.2) is 47.5 Å². The van der Waals surface area contributed by atoms with E-state index in [0.717, 1.165) is 16.5 Å². The van der Waals surface area contributed by atoms with E-state index < -0.39 is 0 Å². The van der Waals surface area contributed by atoms with Crippen molar-refractivity contribution in [3.8, 4) is 0 Å². The number of thioether (sulfide) groups is 1. The van der Waals surface area contributed by atoms with Gasteiger partial charge in [-0.25, -0.2) is 0 Å². The fourth-order valence-electron chi connectivity index (χ4n) is 1.20. The van der Waals surface area contributed by atoms with Gasteiger partial charge in [-0.2, -0.15) is 5.10 Å². The number of nitrogens with zero attached hydrogens (tertiary/aromatic N) is 2. The molecule has 1 heterocycles. The normalized spacial score (nSPS) is 10.2. The van der Waals surface area contributed by atoms with Crippen molar-refractivity contribution in [1.82, 2.24) is 10.2 Å². The largest absolute Gasteiger partial charge is 0.155 e. The molecule has 0 atom stereocenters. The number of hydrogen-bond acceptors (Lipinski definition) is 3. The van der Waals surface area contributed by atoms with Crippen LogP contribution in [0, 0.1) is 6.92 Å². The molecule has 0 N–H and O–H groups in total. The molecule has 0 spiro atoms. The van der Waals surface area contributed by atoms with Crippen LogP contribution in [0.1, 0.15) is 11.3 Å². The molecule has 0 saturated carbocycles. The summed E-state index contributed by atoms with van der Waals surface area (Å²) in [7, 11) is 0. The fraction of sp³-hybridized carbons (Fsp3) is 0.167. The zero-order chi connectivity index (χ0) is 10.5. The molecule has 2 aromatic rings. The predicted molar refractivity (Wildman–Crippen MR) is 62.8 cm³/mol. The molecular weight excluding hydrogens is 204 g/mol. The Labute approximate surface area is 93.7 Å². The molecule has 76 valence electrons. The van der Waals surface area contributed by atoms with Crippen molar-refractivity contribution in [2.75, 3.05) is 0 Å². The van der Waals surface area contributed by atoms with Crippen molar-refractivity contribution in [3.05, 3.63) is 53.7 Å². The van der Waals surface area contributed by atoms with Crippen molar-refractivity contribution >= 4 is 11.8 Å². The first-order valence-corrected chi connectivity index (χ1v) is 5.80. The third-order valence-corrected chi connectivity index (χ3v) is 2.99. The van der Waals surface area contributed by atoms with Crippen LogP contribution in [-0.2, 0) is 5.75 Å². The molecule has 3 heteroatoms. The molecule has 0 aliphatic heterocycles. The van der Waals surface area contributed by atoms with Gasteiger partial charge in [-0.05, 0) is 24.6 Å². The average molecular weight is 216 g/mol. The maximum atomic E-state index is 4.11. The summed E-state index contributed by atoms with van der Waals surface area (Å²) >= 11 is 1.71. The van der Waals surface area contributed by atoms with Crippen LogP contribution in [0.25, 0.3) is 0 Å². The Morgan fingerprint density at radius 2 is 1.80 bits per heavy atom. The third-order valence-electron chi connectivity index (χ3n) is 2.00. The highest BCUT2D eigenvalue weighted by atomic mass is 32.2. The molecule has 15 heavy (non-hydrogen) atoms. The first-order chi connectivity index (χ1) is 7.34. The van der Waals surface area contributed by atoms with E-state index >= 15 is 0 Å². The first kappa shape index (κ1) is 10.2. The van der Waals surface area contributed by atoms with Crippen molar-refractivity contribution in [2.45, 2.75) is 17.7 Å². The summed E-state index contributed by atoms with van der Waals surface area (Å²) in [4.78, 5) is 0. The summed E-state index contributed by atoms with van der Waals surface area (Å²) in [5.41, 5.74) is 2.27. The summed E-state index contributed by atoms with van der Waals surface area (Å²) in [6.45, 7) is 1.94. The number of hydrogen-bond donors (Lipinski definition) is 0. The quantitative estimate of drug-likeness (QED) is 0.737. The molecule has 2 rings (SSSR count). The second-order valence-corrected chi connectivity index (χ2v) is 4.28. The Morgan fingerprint density at radius 3 is 2.47 bits per heavy atom. The molecule has 0 aliphatic carbocycles. The van der Waals surface area contributed by atoms with E-state index in [4.69, 9.17) is 0 Å². The predicted octanol–water partition coefficient (Wildman–Crippen LogP) is 3.08. The molecule has 1 aromatic carbocycles. The standard InChI is InChI=1S/C12H12N2S/c1-10-7-8-12(14-13-10)15-9-11-5-3-2-4-6-11/h2-8H,9H2,1H3. The lowest BCUT2D eigenvalue weighted by Gasteiger charge is -2.00. The van der Waals surface area contributed by atoms with Gasteiger partial charge in [0.1, 0.15) is 5.03 Å². The van der Waals surface area contributed by atoms with Crippen LogP contribution in [0.4, 0.5) is 0 Å². The maximum absolute atomic E-state index is 4.11. The maximum Gasteiger partial charge on any atom is 0.119 e. The highest BCUT2D eigenvalue weighted by molar-refractivity contribution is 7.98. The molecule has 1 aromatic heterocycles. The van der Waals surface area contributed by atoms with Crippen LogP contribution in [0.2, 0.25) is 0 Å². The van der Waals surface area contributed by atoms with Crippen LogP contribution in [0.5, 0.6) is 0 Å². The van der Waals surface area contributed by atoms with Gasteiger partial charge >= 0.3 is 0 Å². The van der Waals surface area contributed by atoms with Gasteiger partial charge in [0, 0.05) is 5.75 Å². The molecule has 0 unspecified atom stereocenters. The molecule has 0 saturated heterocycles. The van der Waals surface area contributed by atoms with Gasteiger partial charge in [0.05, 0.1) is 5.69 Å². The monoisotopic (exact) mass is 216 g/mol. The summed E-state index contributed by atoms with van der Waals surface area (Å²) < 4.78 is 0. The van der Waals surface area contributed by atoms with Crippen LogP contribution < -0.4 is 0 Å². The molecule has 0 amide bonds. The zero-order valence-electron chi connectivity index (χ0n) is 8.55. The highest BCUT2D eigenvalue weighted by Crippen LogP contribution is 2.19. The lowest BCUT2D eigenvalue weighted by atomic mass is 10.2. The van der Waals surface area contributed by atoms with E-state index in [9.17, 15) is 0 Å². The summed E-state index contributed by atoms with van der Waals surface area (Å²) in [5, 5.41) is 9.10. The van der Waals surface area contributed by atoms with E-state index in [0.29, 0.717) is 0 Å². The Balaban J connectivity index is 1.96. The van der Waals surface area contributed by atoms with E-state index in [1.54, 1.807) is 11.8 Å². The van der Waals surface area contributed by atoms with E-state index in [-0.39, 0.29) is 0 Å². The highest BCUT2D eigenvalue weighted by Gasteiger charge is 1.97.